The minimum atomic E-state index is -1.09. The van der Waals surface area contributed by atoms with Gasteiger partial charge in [-0.15, -0.1) is 0 Å². The van der Waals surface area contributed by atoms with Crippen molar-refractivity contribution in [3.05, 3.63) is 57.5 Å². The molecule has 0 aliphatic heterocycles. The Morgan fingerprint density at radius 3 is 2.71 bits per heavy atom. The van der Waals surface area contributed by atoms with E-state index < -0.39 is 5.97 Å². The molecule has 2 N–H and O–H groups in total. The van der Waals surface area contributed by atoms with Crippen molar-refractivity contribution in [3.8, 4) is 11.1 Å². The minimum Gasteiger partial charge on any atom is -0.478 e. The first-order valence-electron chi connectivity index (χ1n) is 4.80. The van der Waals surface area contributed by atoms with Crippen LogP contribution in [0.1, 0.15) is 10.4 Å². The maximum atomic E-state index is 11.6. The zero-order valence-electron chi connectivity index (χ0n) is 8.61. The lowest BCUT2D eigenvalue weighted by atomic mass is 10.1. The van der Waals surface area contributed by atoms with Gasteiger partial charge in [0.2, 0.25) is 0 Å². The monoisotopic (exact) mass is 249 g/mol. The second-order valence-electron chi connectivity index (χ2n) is 3.45. The number of aromatic amines is 1. The van der Waals surface area contributed by atoms with Gasteiger partial charge in [0, 0.05) is 16.8 Å². The van der Waals surface area contributed by atoms with Crippen molar-refractivity contribution in [1.29, 1.82) is 0 Å². The largest absolute Gasteiger partial charge is 0.478 e. The van der Waals surface area contributed by atoms with Gasteiger partial charge in [0.25, 0.3) is 5.56 Å². The molecule has 1 aromatic heterocycles. The average molecular weight is 250 g/mol. The maximum Gasteiger partial charge on any atom is 0.337 e. The fourth-order valence-corrected chi connectivity index (χ4v) is 1.67. The summed E-state index contributed by atoms with van der Waals surface area (Å²) in [5, 5.41) is 9.34. The average Bonchev–Trinajstić information content (AvgIpc) is 2.29. The van der Waals surface area contributed by atoms with E-state index in [4.69, 9.17) is 16.7 Å². The van der Waals surface area contributed by atoms with Gasteiger partial charge in [-0.05, 0) is 23.8 Å². The zero-order chi connectivity index (χ0) is 12.4. The first-order valence-corrected chi connectivity index (χ1v) is 5.17. The van der Waals surface area contributed by atoms with Crippen LogP contribution in [-0.4, -0.2) is 16.1 Å². The van der Waals surface area contributed by atoms with Crippen LogP contribution in [0.15, 0.2) is 41.3 Å². The number of carboxylic acid groups (broad SMARTS) is 1. The Morgan fingerprint density at radius 2 is 2.06 bits per heavy atom. The van der Waals surface area contributed by atoms with Crippen LogP contribution in [0, 0.1) is 0 Å². The molecule has 0 saturated carbocycles. The Kier molecular flexibility index (Phi) is 2.97. The summed E-state index contributed by atoms with van der Waals surface area (Å²) < 4.78 is 0. The second kappa shape index (κ2) is 4.43. The smallest absolute Gasteiger partial charge is 0.337 e. The lowest BCUT2D eigenvalue weighted by Crippen LogP contribution is -2.11. The van der Waals surface area contributed by atoms with Crippen molar-refractivity contribution in [2.45, 2.75) is 0 Å². The van der Waals surface area contributed by atoms with Crippen LogP contribution < -0.4 is 5.56 Å². The van der Waals surface area contributed by atoms with Gasteiger partial charge in [0.1, 0.15) is 0 Å². The molecule has 0 saturated heterocycles. The van der Waals surface area contributed by atoms with Crippen LogP contribution in [0.3, 0.4) is 0 Å². The third kappa shape index (κ3) is 2.37. The van der Waals surface area contributed by atoms with Gasteiger partial charge >= 0.3 is 5.97 Å². The first-order chi connectivity index (χ1) is 8.08. The summed E-state index contributed by atoms with van der Waals surface area (Å²) in [6.07, 6.45) is 1.17. The molecule has 5 heteroatoms. The third-order valence-electron chi connectivity index (χ3n) is 2.29. The van der Waals surface area contributed by atoms with Gasteiger partial charge in [0.05, 0.1) is 5.56 Å². The number of benzene rings is 1. The number of nitrogens with one attached hydrogen (secondary N) is 1. The van der Waals surface area contributed by atoms with Crippen molar-refractivity contribution >= 4 is 17.6 Å². The van der Waals surface area contributed by atoms with E-state index in [1.165, 1.54) is 12.3 Å². The lowest BCUT2D eigenvalue weighted by Gasteiger charge is -2.02. The molecular formula is C12H8ClNO3. The quantitative estimate of drug-likeness (QED) is 0.859. The Balaban J connectivity index is 2.62. The van der Waals surface area contributed by atoms with Gasteiger partial charge in [-0.2, -0.15) is 0 Å². The summed E-state index contributed by atoms with van der Waals surface area (Å²) in [6.45, 7) is 0. The van der Waals surface area contributed by atoms with E-state index in [1.807, 2.05) is 0 Å². The zero-order valence-corrected chi connectivity index (χ0v) is 9.36. The maximum absolute atomic E-state index is 11.6. The summed E-state index contributed by atoms with van der Waals surface area (Å²) in [4.78, 5) is 24.8. The van der Waals surface area contributed by atoms with E-state index in [9.17, 15) is 9.59 Å². The molecule has 0 amide bonds. The van der Waals surface area contributed by atoms with E-state index in [2.05, 4.69) is 4.98 Å². The summed E-state index contributed by atoms with van der Waals surface area (Å²) in [6, 6.07) is 8.01. The highest BCUT2D eigenvalue weighted by atomic mass is 35.5. The van der Waals surface area contributed by atoms with E-state index in [-0.39, 0.29) is 16.7 Å². The number of halogens is 1. The molecule has 1 heterocycles. The van der Waals surface area contributed by atoms with Crippen molar-refractivity contribution in [2.24, 2.45) is 0 Å². The van der Waals surface area contributed by atoms with Crippen molar-refractivity contribution in [3.63, 3.8) is 0 Å². The van der Waals surface area contributed by atoms with E-state index >= 15 is 0 Å². The highest BCUT2D eigenvalue weighted by Gasteiger charge is 2.09. The molecule has 2 rings (SSSR count). The molecule has 17 heavy (non-hydrogen) atoms. The molecule has 0 bridgehead atoms. The molecule has 0 unspecified atom stereocenters. The number of H-pyrrole nitrogens is 1. The molecule has 1 aromatic carbocycles. The molecule has 0 radical (unpaired) electrons. The Morgan fingerprint density at radius 1 is 1.29 bits per heavy atom. The number of pyridine rings is 1. The molecular weight excluding hydrogens is 242 g/mol. The van der Waals surface area contributed by atoms with Crippen LogP contribution >= 0.6 is 11.6 Å². The third-order valence-corrected chi connectivity index (χ3v) is 2.52. The topological polar surface area (TPSA) is 70.2 Å². The van der Waals surface area contributed by atoms with E-state index in [0.29, 0.717) is 10.6 Å². The number of aromatic nitrogens is 1. The fourth-order valence-electron chi connectivity index (χ4n) is 1.48. The summed E-state index contributed by atoms with van der Waals surface area (Å²) in [7, 11) is 0. The second-order valence-corrected chi connectivity index (χ2v) is 3.88. The van der Waals surface area contributed by atoms with Crippen LogP contribution in [0.2, 0.25) is 5.02 Å². The van der Waals surface area contributed by atoms with Gasteiger partial charge in [-0.3, -0.25) is 4.79 Å². The van der Waals surface area contributed by atoms with Gasteiger partial charge in [-0.1, -0.05) is 23.7 Å². The van der Waals surface area contributed by atoms with Gasteiger partial charge < -0.3 is 10.1 Å². The molecule has 86 valence electrons. The summed E-state index contributed by atoms with van der Waals surface area (Å²) >= 11 is 5.82. The Bertz CT molecular complexity index is 634. The molecule has 0 atom stereocenters. The Hall–Kier alpha value is -2.07. The SMILES string of the molecule is O=C(O)c1c[nH]c(=O)c(-c2cccc(Cl)c2)c1. The highest BCUT2D eigenvalue weighted by molar-refractivity contribution is 6.30. The molecule has 0 aliphatic rings. The van der Waals surface area contributed by atoms with Crippen LogP contribution in [-0.2, 0) is 0 Å². The molecule has 0 aliphatic carbocycles. The van der Waals surface area contributed by atoms with Crippen LogP contribution in [0.5, 0.6) is 0 Å². The highest BCUT2D eigenvalue weighted by Crippen LogP contribution is 2.20. The van der Waals surface area contributed by atoms with Gasteiger partial charge in [-0.25, -0.2) is 4.79 Å². The number of aromatic carboxylic acids is 1. The molecule has 0 spiro atoms. The van der Waals surface area contributed by atoms with Crippen LogP contribution in [0.4, 0.5) is 0 Å². The molecule has 2 aromatic rings. The summed E-state index contributed by atoms with van der Waals surface area (Å²) in [5.74, 6) is -1.09. The summed E-state index contributed by atoms with van der Waals surface area (Å²) in [5.41, 5.74) is 0.547. The van der Waals surface area contributed by atoms with E-state index in [0.717, 1.165) is 0 Å². The van der Waals surface area contributed by atoms with Crippen molar-refractivity contribution in [1.82, 2.24) is 4.98 Å². The predicted molar refractivity (Wildman–Crippen MR) is 64.5 cm³/mol. The fraction of sp³-hybridized carbons (Fsp3) is 0. The standard InChI is InChI=1S/C12H8ClNO3/c13-9-3-1-2-7(4-9)10-5-8(12(16)17)6-14-11(10)15/h1-6H,(H,14,15)(H,16,17). The van der Waals surface area contributed by atoms with Crippen LogP contribution in [0.25, 0.3) is 11.1 Å². The lowest BCUT2D eigenvalue weighted by molar-refractivity contribution is 0.0696. The van der Waals surface area contributed by atoms with Crippen molar-refractivity contribution in [2.75, 3.05) is 0 Å². The molecule has 4 nitrogen and oxygen atoms in total. The number of rotatable bonds is 2. The number of hydrogen-bond donors (Lipinski definition) is 2. The van der Waals surface area contributed by atoms with Gasteiger partial charge in [0.15, 0.2) is 0 Å². The first kappa shape index (κ1) is 11.4. The number of hydrogen-bond acceptors (Lipinski definition) is 2. The minimum absolute atomic E-state index is 0.0274. The van der Waals surface area contributed by atoms with E-state index in [1.54, 1.807) is 24.3 Å². The normalized spacial score (nSPS) is 10.2. The van der Waals surface area contributed by atoms with Crippen molar-refractivity contribution < 1.29 is 9.90 Å². The number of carbonyl (C=O) groups is 1. The Labute approximate surface area is 101 Å². The molecule has 0 fully saturated rings. The predicted octanol–water partition coefficient (Wildman–Crippen LogP) is 2.39. The number of carboxylic acids is 1.